The fraction of sp³-hybridized carbons (Fsp3) is 0.440. The van der Waals surface area contributed by atoms with E-state index in [9.17, 15) is 19.1 Å². The first kappa shape index (κ1) is 22.0. The minimum Gasteiger partial charge on any atom is -0.390 e. The first-order valence-corrected chi connectivity index (χ1v) is 11.5. The number of hydrogen-bond acceptors (Lipinski definition) is 5. The summed E-state index contributed by atoms with van der Waals surface area (Å²) in [6.07, 6.45) is 1.62. The summed E-state index contributed by atoms with van der Waals surface area (Å²) >= 11 is 0. The van der Waals surface area contributed by atoms with Gasteiger partial charge in [-0.25, -0.2) is 4.39 Å². The molecule has 0 aliphatic carbocycles. The Morgan fingerprint density at radius 2 is 1.88 bits per heavy atom. The summed E-state index contributed by atoms with van der Waals surface area (Å²) in [7, 11) is 0. The number of ether oxygens (including phenoxy) is 1. The van der Waals surface area contributed by atoms with Gasteiger partial charge in [-0.3, -0.25) is 9.59 Å². The zero-order chi connectivity index (χ0) is 22.9. The quantitative estimate of drug-likeness (QED) is 0.640. The van der Waals surface area contributed by atoms with Gasteiger partial charge in [0, 0.05) is 24.7 Å². The van der Waals surface area contributed by atoms with Crippen LogP contribution in [0.3, 0.4) is 0 Å². The fourth-order valence-corrected chi connectivity index (χ4v) is 5.13. The van der Waals surface area contributed by atoms with Crippen LogP contribution in [0.2, 0.25) is 0 Å². The molecule has 2 fully saturated rings. The minimum atomic E-state index is -0.817. The van der Waals surface area contributed by atoms with E-state index in [4.69, 9.17) is 4.74 Å². The Balaban J connectivity index is 1.19. The molecule has 0 spiro atoms. The molecule has 5 rings (SSSR count). The predicted octanol–water partition coefficient (Wildman–Crippen LogP) is 1.63. The van der Waals surface area contributed by atoms with Crippen LogP contribution >= 0.6 is 0 Å². The van der Waals surface area contributed by atoms with E-state index in [0.717, 1.165) is 18.9 Å². The highest BCUT2D eigenvalue weighted by molar-refractivity contribution is 5.98. The molecular weight excluding hydrogens is 425 g/mol. The van der Waals surface area contributed by atoms with Gasteiger partial charge in [0.2, 0.25) is 0 Å². The standard InChI is InChI=1S/C25H28FN3O4/c26-21-9-16(25(32)29-18-6-7-19(29)14-33-13-18)5-8-20(21)24(31)28-12-23(30)22-10-15-3-1-2-4-17(15)11-27-22/h1-5,8-9,18-19,22-23,27,30H,6-7,10-14H2,(H,28,31)/t18?,19?,22-,23?/m0/s1. The molecule has 0 radical (unpaired) electrons. The third kappa shape index (κ3) is 4.38. The molecule has 2 aromatic rings. The molecule has 3 N–H and O–H groups in total. The molecule has 174 valence electrons. The summed E-state index contributed by atoms with van der Waals surface area (Å²) in [5, 5.41) is 16.5. The number of morpholine rings is 1. The summed E-state index contributed by atoms with van der Waals surface area (Å²) in [6, 6.07) is 11.9. The Morgan fingerprint density at radius 1 is 1.15 bits per heavy atom. The maximum absolute atomic E-state index is 14.8. The molecule has 4 atom stereocenters. The number of hydrogen-bond donors (Lipinski definition) is 3. The lowest BCUT2D eigenvalue weighted by molar-refractivity contribution is -0.00718. The highest BCUT2D eigenvalue weighted by atomic mass is 19.1. The molecule has 2 bridgehead atoms. The van der Waals surface area contributed by atoms with E-state index in [1.165, 1.54) is 23.3 Å². The van der Waals surface area contributed by atoms with Crippen molar-refractivity contribution in [2.75, 3.05) is 19.8 Å². The maximum atomic E-state index is 14.8. The second-order valence-electron chi connectivity index (χ2n) is 9.07. The SMILES string of the molecule is O=C(NCC(O)[C@@H]1Cc2ccccc2CN1)c1ccc(C(=O)N2C3CCC2COC3)cc1F. The van der Waals surface area contributed by atoms with Crippen molar-refractivity contribution in [2.45, 2.75) is 50.0 Å². The van der Waals surface area contributed by atoms with Crippen molar-refractivity contribution in [1.29, 1.82) is 0 Å². The Labute approximate surface area is 191 Å². The normalized spacial score (nSPS) is 24.8. The molecule has 2 aromatic carbocycles. The van der Waals surface area contributed by atoms with Crippen molar-refractivity contribution < 1.29 is 23.8 Å². The molecule has 8 heteroatoms. The Kier molecular flexibility index (Phi) is 6.14. The van der Waals surface area contributed by atoms with Crippen molar-refractivity contribution in [3.05, 3.63) is 70.5 Å². The highest BCUT2D eigenvalue weighted by Crippen LogP contribution is 2.30. The number of benzene rings is 2. The summed E-state index contributed by atoms with van der Waals surface area (Å²) < 4.78 is 20.3. The molecule has 7 nitrogen and oxygen atoms in total. The third-order valence-electron chi connectivity index (χ3n) is 6.98. The van der Waals surface area contributed by atoms with Crippen LogP contribution in [0.1, 0.15) is 44.7 Å². The van der Waals surface area contributed by atoms with E-state index in [1.54, 1.807) is 4.90 Å². The van der Waals surface area contributed by atoms with E-state index < -0.39 is 17.8 Å². The zero-order valence-corrected chi connectivity index (χ0v) is 18.3. The van der Waals surface area contributed by atoms with Crippen LogP contribution < -0.4 is 10.6 Å². The molecule has 3 unspecified atom stereocenters. The van der Waals surface area contributed by atoms with E-state index in [2.05, 4.69) is 10.6 Å². The number of aliphatic hydroxyl groups is 1. The van der Waals surface area contributed by atoms with Crippen LogP contribution in [-0.4, -0.2) is 65.8 Å². The summed E-state index contributed by atoms with van der Waals surface area (Å²) in [5.74, 6) is -1.60. The number of amides is 2. The monoisotopic (exact) mass is 453 g/mol. The van der Waals surface area contributed by atoms with Crippen LogP contribution in [0.25, 0.3) is 0 Å². The van der Waals surface area contributed by atoms with E-state index in [0.29, 0.717) is 26.2 Å². The number of aliphatic hydroxyl groups excluding tert-OH is 1. The van der Waals surface area contributed by atoms with Gasteiger partial charge in [-0.2, -0.15) is 0 Å². The smallest absolute Gasteiger partial charge is 0.254 e. The number of rotatable bonds is 5. The molecule has 2 amide bonds. The predicted molar refractivity (Wildman–Crippen MR) is 119 cm³/mol. The van der Waals surface area contributed by atoms with Gasteiger partial charge >= 0.3 is 0 Å². The Hall–Kier alpha value is -2.81. The second kappa shape index (κ2) is 9.21. The van der Waals surface area contributed by atoms with E-state index in [-0.39, 0.29) is 41.7 Å². The Bertz CT molecular complexity index is 1050. The van der Waals surface area contributed by atoms with Crippen molar-refractivity contribution in [1.82, 2.24) is 15.5 Å². The lowest BCUT2D eigenvalue weighted by Gasteiger charge is -2.34. The fourth-order valence-electron chi connectivity index (χ4n) is 5.13. The van der Waals surface area contributed by atoms with Crippen LogP contribution in [0.15, 0.2) is 42.5 Å². The topological polar surface area (TPSA) is 90.9 Å². The lowest BCUT2D eigenvalue weighted by atomic mass is 9.93. The average Bonchev–Trinajstić information content (AvgIpc) is 3.09. The molecule has 3 aliphatic rings. The summed E-state index contributed by atoms with van der Waals surface area (Å²) in [5.41, 5.74) is 2.46. The molecule has 0 saturated carbocycles. The van der Waals surface area contributed by atoms with Crippen molar-refractivity contribution in [3.8, 4) is 0 Å². The van der Waals surface area contributed by atoms with Crippen LogP contribution in [0, 0.1) is 5.82 Å². The lowest BCUT2D eigenvalue weighted by Crippen LogP contribution is -2.49. The third-order valence-corrected chi connectivity index (χ3v) is 6.98. The largest absolute Gasteiger partial charge is 0.390 e. The van der Waals surface area contributed by atoms with Gasteiger partial charge in [0.15, 0.2) is 0 Å². The minimum absolute atomic E-state index is 0.00404. The van der Waals surface area contributed by atoms with Gasteiger partial charge in [-0.1, -0.05) is 24.3 Å². The highest BCUT2D eigenvalue weighted by Gasteiger charge is 2.40. The number of halogens is 1. The van der Waals surface area contributed by atoms with Gasteiger partial charge in [0.25, 0.3) is 11.8 Å². The molecule has 33 heavy (non-hydrogen) atoms. The zero-order valence-electron chi connectivity index (χ0n) is 18.3. The first-order chi connectivity index (χ1) is 16.0. The molecular formula is C25H28FN3O4. The van der Waals surface area contributed by atoms with E-state index >= 15 is 0 Å². The summed E-state index contributed by atoms with van der Waals surface area (Å²) in [4.78, 5) is 27.3. The number of carbonyl (C=O) groups excluding carboxylic acids is 2. The van der Waals surface area contributed by atoms with Gasteiger partial charge in [-0.15, -0.1) is 0 Å². The number of nitrogens with zero attached hydrogens (tertiary/aromatic N) is 1. The van der Waals surface area contributed by atoms with Crippen LogP contribution in [0.5, 0.6) is 0 Å². The molecule has 3 heterocycles. The van der Waals surface area contributed by atoms with Crippen LogP contribution in [0.4, 0.5) is 4.39 Å². The number of fused-ring (bicyclic) bond motifs is 3. The van der Waals surface area contributed by atoms with Gasteiger partial charge in [-0.05, 0) is 48.6 Å². The van der Waals surface area contributed by atoms with Gasteiger partial charge in [0.05, 0.1) is 37.0 Å². The van der Waals surface area contributed by atoms with E-state index in [1.807, 2.05) is 24.3 Å². The molecule has 0 aromatic heterocycles. The van der Waals surface area contributed by atoms with Gasteiger partial charge in [0.1, 0.15) is 5.82 Å². The molecule has 3 aliphatic heterocycles. The Morgan fingerprint density at radius 3 is 2.61 bits per heavy atom. The van der Waals surface area contributed by atoms with Gasteiger partial charge < -0.3 is 25.4 Å². The van der Waals surface area contributed by atoms with Crippen LogP contribution in [-0.2, 0) is 17.7 Å². The van der Waals surface area contributed by atoms with Crippen molar-refractivity contribution >= 4 is 11.8 Å². The number of carbonyl (C=O) groups is 2. The van der Waals surface area contributed by atoms with Crippen molar-refractivity contribution in [3.63, 3.8) is 0 Å². The first-order valence-electron chi connectivity index (χ1n) is 11.5. The average molecular weight is 454 g/mol. The van der Waals surface area contributed by atoms with Crippen molar-refractivity contribution in [2.24, 2.45) is 0 Å². The summed E-state index contributed by atoms with van der Waals surface area (Å²) in [6.45, 7) is 1.67. The second-order valence-corrected chi connectivity index (χ2v) is 9.07. The molecule has 2 saturated heterocycles. The number of nitrogens with one attached hydrogen (secondary N) is 2. The maximum Gasteiger partial charge on any atom is 0.254 e.